The predicted octanol–water partition coefficient (Wildman–Crippen LogP) is 2.58. The Hall–Kier alpha value is -5.01. The fourth-order valence-electron chi connectivity index (χ4n) is 4.89. The third-order valence-electron chi connectivity index (χ3n) is 7.18. The number of non-ortho nitro benzene ring substituents is 1. The topological polar surface area (TPSA) is 211 Å². The molecule has 2 aromatic rings. The minimum atomic E-state index is -1.25. The third kappa shape index (κ3) is 11.8. The van der Waals surface area contributed by atoms with Gasteiger partial charge >= 0.3 is 11.9 Å². The lowest BCUT2D eigenvalue weighted by Crippen LogP contribution is -2.35. The van der Waals surface area contributed by atoms with E-state index in [2.05, 4.69) is 16.0 Å². The number of rotatable bonds is 18. The normalized spacial score (nSPS) is 14.5. The van der Waals surface area contributed by atoms with Crippen molar-refractivity contribution in [1.29, 1.82) is 5.26 Å². The van der Waals surface area contributed by atoms with Crippen LogP contribution in [-0.2, 0) is 35.0 Å². The summed E-state index contributed by atoms with van der Waals surface area (Å²) in [7, 11) is 1.11. The molecule has 270 valence electrons. The molecule has 3 rings (SSSR count). The van der Waals surface area contributed by atoms with E-state index in [1.807, 2.05) is 19.9 Å². The highest BCUT2D eigenvalue weighted by atomic mass is 35.5. The van der Waals surface area contributed by atoms with Gasteiger partial charge in [-0.3, -0.25) is 14.9 Å². The maximum atomic E-state index is 13.3. The van der Waals surface area contributed by atoms with Crippen molar-refractivity contribution in [3.8, 4) is 11.8 Å². The number of esters is 2. The van der Waals surface area contributed by atoms with Gasteiger partial charge in [-0.2, -0.15) is 5.26 Å². The van der Waals surface area contributed by atoms with Gasteiger partial charge in [0.05, 0.1) is 61.0 Å². The van der Waals surface area contributed by atoms with Crippen LogP contribution in [0.2, 0.25) is 0 Å². The Kier molecular flexibility index (Phi) is 16.9. The molecule has 2 unspecified atom stereocenters. The van der Waals surface area contributed by atoms with Crippen molar-refractivity contribution in [2.75, 3.05) is 46.6 Å². The zero-order chi connectivity index (χ0) is 35.9. The Morgan fingerprint density at radius 1 is 1.12 bits per heavy atom. The number of dihydropyridines is 1. The maximum Gasteiger partial charge on any atom is 0.337 e. The first-order valence-corrected chi connectivity index (χ1v) is 15.6. The number of aliphatic hydroxyl groups is 1. The molecule has 0 aliphatic carbocycles. The van der Waals surface area contributed by atoms with Crippen LogP contribution >= 0.6 is 12.4 Å². The molecule has 16 heteroatoms. The van der Waals surface area contributed by atoms with E-state index in [0.717, 1.165) is 12.7 Å². The summed E-state index contributed by atoms with van der Waals surface area (Å²) in [6, 6.07) is 14.5. The Labute approximate surface area is 296 Å². The van der Waals surface area contributed by atoms with Crippen molar-refractivity contribution < 1.29 is 43.4 Å². The highest BCUT2D eigenvalue weighted by molar-refractivity contribution is 6.00. The lowest BCUT2D eigenvalue weighted by atomic mass is 9.80. The second-order valence-electron chi connectivity index (χ2n) is 11.2. The van der Waals surface area contributed by atoms with Crippen molar-refractivity contribution in [2.24, 2.45) is 0 Å². The number of amides is 1. The van der Waals surface area contributed by atoms with Crippen LogP contribution in [0.25, 0.3) is 0 Å². The Balaban J connectivity index is 0.00000867. The van der Waals surface area contributed by atoms with E-state index in [1.165, 1.54) is 24.3 Å². The van der Waals surface area contributed by atoms with Gasteiger partial charge in [0.2, 0.25) is 5.91 Å². The zero-order valence-electron chi connectivity index (χ0n) is 28.2. The van der Waals surface area contributed by atoms with Crippen molar-refractivity contribution in [3.63, 3.8) is 0 Å². The largest absolute Gasteiger partial charge is 0.491 e. The van der Waals surface area contributed by atoms with Crippen LogP contribution in [-0.4, -0.2) is 86.6 Å². The number of hydrogen-bond acceptors (Lipinski definition) is 13. The van der Waals surface area contributed by atoms with Crippen LogP contribution in [0, 0.1) is 21.4 Å². The highest BCUT2D eigenvalue weighted by Crippen LogP contribution is 2.40. The summed E-state index contributed by atoms with van der Waals surface area (Å²) in [5, 5.41) is 40.1. The number of hydrogen-bond donors (Lipinski definition) is 4. The quantitative estimate of drug-likeness (QED) is 0.0758. The zero-order valence-corrected chi connectivity index (χ0v) is 29.0. The highest BCUT2D eigenvalue weighted by Gasteiger charge is 2.40. The summed E-state index contributed by atoms with van der Waals surface area (Å²) in [4.78, 5) is 49.7. The fourth-order valence-corrected chi connectivity index (χ4v) is 4.89. The average Bonchev–Trinajstić information content (AvgIpc) is 3.09. The molecule has 2 aromatic carbocycles. The second kappa shape index (κ2) is 20.5. The maximum absolute atomic E-state index is 13.3. The second-order valence-corrected chi connectivity index (χ2v) is 11.2. The average molecular weight is 716 g/mol. The first-order valence-electron chi connectivity index (χ1n) is 15.6. The summed E-state index contributed by atoms with van der Waals surface area (Å²) in [5.41, 5.74) is 0.224. The van der Waals surface area contributed by atoms with Gasteiger partial charge in [0.1, 0.15) is 30.2 Å². The van der Waals surface area contributed by atoms with Crippen molar-refractivity contribution >= 4 is 35.9 Å². The molecule has 1 aliphatic rings. The molecule has 1 amide bonds. The van der Waals surface area contributed by atoms with Crippen LogP contribution in [0.3, 0.4) is 0 Å². The summed E-state index contributed by atoms with van der Waals surface area (Å²) in [6.45, 7) is 5.98. The first-order chi connectivity index (χ1) is 23.5. The standard InChI is InChI=1S/C34H41N5O10.ClH/c1-5-48-34(43)32-28(38-27(17-35)31(33(42)46-4)30(32)23-7-6-8-24(16-23)39(44)45)20-47-14-13-36-29(41)15-22-9-11-26(12-10-22)49-19-25(40)18-37-21(2)3;/h6-12,16,21,25,30,37-38,40H,5,13-15,18-20H2,1-4H3,(H,36,41);1H. The first kappa shape index (κ1) is 41.2. The van der Waals surface area contributed by atoms with E-state index in [1.54, 1.807) is 31.2 Å². The van der Waals surface area contributed by atoms with Gasteiger partial charge in [-0.15, -0.1) is 12.4 Å². The molecular weight excluding hydrogens is 674 g/mol. The van der Waals surface area contributed by atoms with E-state index in [-0.39, 0.29) is 97.5 Å². The van der Waals surface area contributed by atoms with Crippen LogP contribution in [0.4, 0.5) is 5.69 Å². The number of nitrogens with one attached hydrogen (secondary N) is 3. The number of aliphatic hydroxyl groups excluding tert-OH is 1. The Bertz CT molecular complexity index is 1600. The van der Waals surface area contributed by atoms with Gasteiger partial charge in [0, 0.05) is 31.3 Å². The molecule has 4 N–H and O–H groups in total. The summed E-state index contributed by atoms with van der Waals surface area (Å²) in [6.07, 6.45) is -0.563. The number of halogens is 1. The van der Waals surface area contributed by atoms with Gasteiger partial charge in [-0.1, -0.05) is 38.1 Å². The van der Waals surface area contributed by atoms with Gasteiger partial charge in [0.15, 0.2) is 0 Å². The van der Waals surface area contributed by atoms with Gasteiger partial charge in [-0.05, 0) is 30.2 Å². The van der Waals surface area contributed by atoms with Crippen LogP contribution in [0.5, 0.6) is 5.75 Å². The Morgan fingerprint density at radius 3 is 2.46 bits per heavy atom. The number of carbonyl (C=O) groups is 3. The molecule has 0 fully saturated rings. The number of ether oxygens (including phenoxy) is 4. The molecule has 1 heterocycles. The number of allylic oxidation sites excluding steroid dienone is 1. The van der Waals surface area contributed by atoms with E-state index in [4.69, 9.17) is 18.9 Å². The van der Waals surface area contributed by atoms with Gasteiger partial charge < -0.3 is 40.0 Å². The molecule has 0 saturated carbocycles. The third-order valence-corrected chi connectivity index (χ3v) is 7.18. The molecule has 0 aromatic heterocycles. The summed E-state index contributed by atoms with van der Waals surface area (Å²) in [5.74, 6) is -2.69. The molecule has 2 atom stereocenters. The van der Waals surface area contributed by atoms with Gasteiger partial charge in [-0.25, -0.2) is 9.59 Å². The lowest BCUT2D eigenvalue weighted by Gasteiger charge is -2.30. The molecule has 15 nitrogen and oxygen atoms in total. The number of nitrogens with zero attached hydrogens (tertiary/aromatic N) is 2. The number of benzene rings is 2. The van der Waals surface area contributed by atoms with Crippen LogP contribution in [0.1, 0.15) is 37.8 Å². The number of methoxy groups -OCH3 is 1. The molecule has 50 heavy (non-hydrogen) atoms. The number of carbonyl (C=O) groups excluding carboxylic acids is 3. The molecular formula is C34H42ClN5O10. The number of nitro benzene ring substituents is 1. The Morgan fingerprint density at radius 2 is 1.84 bits per heavy atom. The van der Waals surface area contributed by atoms with Crippen molar-refractivity contribution in [1.82, 2.24) is 16.0 Å². The van der Waals surface area contributed by atoms with E-state index in [9.17, 15) is 34.9 Å². The van der Waals surface area contributed by atoms with E-state index in [0.29, 0.717) is 12.3 Å². The monoisotopic (exact) mass is 715 g/mol. The minimum Gasteiger partial charge on any atom is -0.491 e. The van der Waals surface area contributed by atoms with E-state index < -0.39 is 28.9 Å². The minimum absolute atomic E-state index is 0. The van der Waals surface area contributed by atoms with Gasteiger partial charge in [0.25, 0.3) is 5.69 Å². The van der Waals surface area contributed by atoms with Crippen LogP contribution in [0.15, 0.2) is 71.1 Å². The van der Waals surface area contributed by atoms with Crippen molar-refractivity contribution in [2.45, 2.75) is 45.3 Å². The molecule has 1 aliphatic heterocycles. The number of nitriles is 1. The van der Waals surface area contributed by atoms with Crippen LogP contribution < -0.4 is 20.7 Å². The fraction of sp³-hybridized carbons (Fsp3) is 0.412. The molecule has 0 radical (unpaired) electrons. The predicted molar refractivity (Wildman–Crippen MR) is 183 cm³/mol. The van der Waals surface area contributed by atoms with Crippen molar-refractivity contribution in [3.05, 3.63) is 92.3 Å². The SMILES string of the molecule is CCOC(=O)C1=C(COCCNC(=O)Cc2ccc(OCC(O)CNC(C)C)cc2)NC(C#N)=C(C(=O)OC)C1c1cccc([N+](=O)[O-])c1.Cl. The summed E-state index contributed by atoms with van der Waals surface area (Å²) < 4.78 is 21.5. The lowest BCUT2D eigenvalue weighted by molar-refractivity contribution is -0.384. The van der Waals surface area contributed by atoms with E-state index >= 15 is 0 Å². The summed E-state index contributed by atoms with van der Waals surface area (Å²) >= 11 is 0. The smallest absolute Gasteiger partial charge is 0.337 e. The molecule has 0 saturated heterocycles. The molecule has 0 bridgehead atoms. The number of nitro groups is 1. The molecule has 0 spiro atoms.